The zero-order valence-electron chi connectivity index (χ0n) is 12.3. The molecule has 0 radical (unpaired) electrons. The smallest absolute Gasteiger partial charge is 0.371 e. The standard InChI is InChI=1S/C14H21NO5S/c1-9-4-3-5-11(6-9)8-15-21(18,19)13-7-12(14(16)17)20-10(13)2/h7,9,11,15H,3-6,8H2,1-2H3,(H,16,17). The number of carbonyl (C=O) groups is 1. The molecule has 1 heterocycles. The van der Waals surface area contributed by atoms with E-state index in [4.69, 9.17) is 9.52 Å². The molecule has 2 N–H and O–H groups in total. The van der Waals surface area contributed by atoms with Gasteiger partial charge in [0.1, 0.15) is 10.7 Å². The summed E-state index contributed by atoms with van der Waals surface area (Å²) in [4.78, 5) is 10.7. The molecule has 6 nitrogen and oxygen atoms in total. The van der Waals surface area contributed by atoms with Crippen LogP contribution < -0.4 is 4.72 Å². The molecular formula is C14H21NO5S. The van der Waals surface area contributed by atoms with Crippen LogP contribution in [-0.2, 0) is 10.0 Å². The highest BCUT2D eigenvalue weighted by Crippen LogP contribution is 2.28. The zero-order valence-corrected chi connectivity index (χ0v) is 13.1. The van der Waals surface area contributed by atoms with Crippen molar-refractivity contribution in [3.05, 3.63) is 17.6 Å². The number of carboxylic acids is 1. The molecule has 0 saturated heterocycles. The summed E-state index contributed by atoms with van der Waals surface area (Å²) in [5.41, 5.74) is 0. The normalized spacial score (nSPS) is 23.1. The molecule has 1 fully saturated rings. The van der Waals surface area contributed by atoms with Gasteiger partial charge in [0.15, 0.2) is 0 Å². The second-order valence-corrected chi connectivity index (χ2v) is 7.56. The first-order chi connectivity index (χ1) is 9.79. The molecule has 2 rings (SSSR count). The van der Waals surface area contributed by atoms with E-state index in [0.29, 0.717) is 18.4 Å². The minimum absolute atomic E-state index is 0.0937. The summed E-state index contributed by atoms with van der Waals surface area (Å²) in [7, 11) is -3.73. The summed E-state index contributed by atoms with van der Waals surface area (Å²) in [6.45, 7) is 4.02. The first-order valence-electron chi connectivity index (χ1n) is 7.13. The summed E-state index contributed by atoms with van der Waals surface area (Å²) in [5.74, 6) is -0.575. The van der Waals surface area contributed by atoms with Crippen molar-refractivity contribution >= 4 is 16.0 Å². The van der Waals surface area contributed by atoms with Gasteiger partial charge in [0.05, 0.1) is 0 Å². The highest BCUT2D eigenvalue weighted by molar-refractivity contribution is 7.89. The Morgan fingerprint density at radius 3 is 2.76 bits per heavy atom. The van der Waals surface area contributed by atoms with Gasteiger partial charge in [-0.2, -0.15) is 0 Å². The Kier molecular flexibility index (Phi) is 4.73. The fourth-order valence-corrected chi connectivity index (χ4v) is 4.18. The maximum Gasteiger partial charge on any atom is 0.371 e. The molecule has 0 amide bonds. The van der Waals surface area contributed by atoms with E-state index >= 15 is 0 Å². The minimum Gasteiger partial charge on any atom is -0.475 e. The summed E-state index contributed by atoms with van der Waals surface area (Å²) in [6, 6.07) is 1.06. The largest absolute Gasteiger partial charge is 0.475 e. The highest BCUT2D eigenvalue weighted by atomic mass is 32.2. The van der Waals surface area contributed by atoms with Crippen LogP contribution in [-0.4, -0.2) is 26.0 Å². The quantitative estimate of drug-likeness (QED) is 0.869. The number of rotatable bonds is 5. The molecule has 1 aromatic rings. The number of carboxylic acid groups (broad SMARTS) is 1. The van der Waals surface area contributed by atoms with E-state index in [9.17, 15) is 13.2 Å². The summed E-state index contributed by atoms with van der Waals surface area (Å²) < 4.78 is 32.0. The molecule has 7 heteroatoms. The molecule has 1 aliphatic rings. The van der Waals surface area contributed by atoms with Crippen molar-refractivity contribution in [1.29, 1.82) is 0 Å². The first kappa shape index (κ1) is 16.0. The van der Waals surface area contributed by atoms with Crippen molar-refractivity contribution < 1.29 is 22.7 Å². The van der Waals surface area contributed by atoms with Crippen molar-refractivity contribution in [1.82, 2.24) is 4.72 Å². The number of sulfonamides is 1. The number of aromatic carboxylic acids is 1. The number of aryl methyl sites for hydroxylation is 1. The van der Waals surface area contributed by atoms with E-state index in [1.54, 1.807) is 0 Å². The molecule has 1 aliphatic carbocycles. The SMILES string of the molecule is Cc1oc(C(=O)O)cc1S(=O)(=O)NCC1CCCC(C)C1. The van der Waals surface area contributed by atoms with Crippen molar-refractivity contribution in [2.75, 3.05) is 6.54 Å². The van der Waals surface area contributed by atoms with Crippen LogP contribution in [0.4, 0.5) is 0 Å². The topological polar surface area (TPSA) is 96.6 Å². The van der Waals surface area contributed by atoms with E-state index in [-0.39, 0.29) is 16.4 Å². The van der Waals surface area contributed by atoms with Gasteiger partial charge >= 0.3 is 5.97 Å². The lowest BCUT2D eigenvalue weighted by Crippen LogP contribution is -2.31. The third-order valence-electron chi connectivity index (χ3n) is 3.98. The van der Waals surface area contributed by atoms with Crippen molar-refractivity contribution in [3.63, 3.8) is 0 Å². The Morgan fingerprint density at radius 1 is 1.48 bits per heavy atom. The predicted octanol–water partition coefficient (Wildman–Crippen LogP) is 2.39. The minimum atomic E-state index is -3.73. The van der Waals surface area contributed by atoms with E-state index in [1.165, 1.54) is 13.3 Å². The second-order valence-electron chi connectivity index (χ2n) is 5.83. The number of hydrogen-bond donors (Lipinski definition) is 2. The fourth-order valence-electron chi connectivity index (χ4n) is 2.89. The van der Waals surface area contributed by atoms with Crippen LogP contribution >= 0.6 is 0 Å². The summed E-state index contributed by atoms with van der Waals surface area (Å²) in [6.07, 6.45) is 4.37. The molecule has 1 aromatic heterocycles. The average Bonchev–Trinajstić information content (AvgIpc) is 2.80. The fraction of sp³-hybridized carbons (Fsp3) is 0.643. The Balaban J connectivity index is 2.06. The van der Waals surface area contributed by atoms with Crippen LogP contribution in [0.3, 0.4) is 0 Å². The lowest BCUT2D eigenvalue weighted by Gasteiger charge is -2.26. The van der Waals surface area contributed by atoms with Crippen LogP contribution in [0.1, 0.15) is 48.9 Å². The van der Waals surface area contributed by atoms with Crippen molar-refractivity contribution in [3.8, 4) is 0 Å². The zero-order chi connectivity index (χ0) is 15.6. The van der Waals surface area contributed by atoms with Gasteiger partial charge < -0.3 is 9.52 Å². The number of nitrogens with one attached hydrogen (secondary N) is 1. The van der Waals surface area contributed by atoms with E-state index in [1.807, 2.05) is 0 Å². The van der Waals surface area contributed by atoms with E-state index in [0.717, 1.165) is 25.3 Å². The molecular weight excluding hydrogens is 294 g/mol. The molecule has 0 spiro atoms. The second kappa shape index (κ2) is 6.19. The molecule has 2 unspecified atom stereocenters. The van der Waals surface area contributed by atoms with Crippen LogP contribution in [0.15, 0.2) is 15.4 Å². The van der Waals surface area contributed by atoms with Gasteiger partial charge in [-0.1, -0.05) is 19.8 Å². The highest BCUT2D eigenvalue weighted by Gasteiger charge is 2.26. The molecule has 0 aliphatic heterocycles. The first-order valence-corrected chi connectivity index (χ1v) is 8.61. The van der Waals surface area contributed by atoms with Gasteiger partial charge in [0, 0.05) is 12.6 Å². The van der Waals surface area contributed by atoms with E-state index < -0.39 is 16.0 Å². The molecule has 0 aromatic carbocycles. The maximum atomic E-state index is 12.2. The lowest BCUT2D eigenvalue weighted by atomic mass is 9.83. The van der Waals surface area contributed by atoms with Gasteiger partial charge in [0.25, 0.3) is 0 Å². The maximum absolute atomic E-state index is 12.2. The molecule has 21 heavy (non-hydrogen) atoms. The van der Waals surface area contributed by atoms with Gasteiger partial charge in [-0.15, -0.1) is 0 Å². The molecule has 1 saturated carbocycles. The van der Waals surface area contributed by atoms with Crippen molar-refractivity contribution in [2.45, 2.75) is 44.4 Å². The summed E-state index contributed by atoms with van der Waals surface area (Å²) in [5, 5.41) is 8.84. The van der Waals surface area contributed by atoms with Gasteiger partial charge in [-0.05, 0) is 31.6 Å². The van der Waals surface area contributed by atoms with Gasteiger partial charge in [-0.25, -0.2) is 17.9 Å². The van der Waals surface area contributed by atoms with Crippen LogP contribution in [0.2, 0.25) is 0 Å². The molecule has 2 atom stereocenters. The average molecular weight is 315 g/mol. The van der Waals surface area contributed by atoms with Crippen LogP contribution in [0.25, 0.3) is 0 Å². The van der Waals surface area contributed by atoms with Crippen LogP contribution in [0, 0.1) is 18.8 Å². The number of furan rings is 1. The predicted molar refractivity (Wildman–Crippen MR) is 76.7 cm³/mol. The van der Waals surface area contributed by atoms with Crippen molar-refractivity contribution in [2.24, 2.45) is 11.8 Å². The monoisotopic (exact) mass is 315 g/mol. The molecule has 0 bridgehead atoms. The Bertz CT molecular complexity index is 619. The molecule has 118 valence electrons. The Labute approximate surface area is 124 Å². The Hall–Kier alpha value is -1.34. The lowest BCUT2D eigenvalue weighted by molar-refractivity contribution is 0.0661. The summed E-state index contributed by atoms with van der Waals surface area (Å²) >= 11 is 0. The third-order valence-corrected chi connectivity index (χ3v) is 5.51. The third kappa shape index (κ3) is 3.85. The van der Waals surface area contributed by atoms with E-state index in [2.05, 4.69) is 11.6 Å². The van der Waals surface area contributed by atoms with Gasteiger partial charge in [-0.3, -0.25) is 0 Å². The number of hydrogen-bond acceptors (Lipinski definition) is 4. The Morgan fingerprint density at radius 2 is 2.19 bits per heavy atom. The van der Waals surface area contributed by atoms with Gasteiger partial charge in [0.2, 0.25) is 15.8 Å². The van der Waals surface area contributed by atoms with Crippen LogP contribution in [0.5, 0.6) is 0 Å².